The van der Waals surface area contributed by atoms with E-state index in [1.807, 2.05) is 6.92 Å². The molecule has 0 heterocycles. The number of phenols is 1. The third-order valence-electron chi connectivity index (χ3n) is 3.06. The van der Waals surface area contributed by atoms with Crippen LogP contribution in [0.3, 0.4) is 0 Å². The summed E-state index contributed by atoms with van der Waals surface area (Å²) >= 11 is 18.2. The molecule has 0 aliphatic rings. The van der Waals surface area contributed by atoms with Gasteiger partial charge in [-0.2, -0.15) is 0 Å². The molecule has 112 valence electrons. The molecule has 0 spiro atoms. The summed E-state index contributed by atoms with van der Waals surface area (Å²) in [5, 5.41) is 14.9. The molecule has 0 aliphatic carbocycles. The second kappa shape index (κ2) is 6.65. The first-order valence-electron chi connectivity index (χ1n) is 6.17. The van der Waals surface area contributed by atoms with Gasteiger partial charge in [-0.3, -0.25) is 0 Å². The van der Waals surface area contributed by atoms with Crippen LogP contribution in [0.5, 0.6) is 11.5 Å². The number of benzene rings is 2. The zero-order valence-electron chi connectivity index (χ0n) is 11.5. The lowest BCUT2D eigenvalue weighted by atomic mass is 10.1. The topological polar surface area (TPSA) is 41.5 Å². The van der Waals surface area contributed by atoms with Crippen molar-refractivity contribution in [1.82, 2.24) is 0 Å². The summed E-state index contributed by atoms with van der Waals surface area (Å²) in [5.41, 5.74) is 2.19. The van der Waals surface area contributed by atoms with Crippen LogP contribution in [-0.2, 0) is 6.54 Å². The average Bonchev–Trinajstić information content (AvgIpc) is 2.44. The van der Waals surface area contributed by atoms with Gasteiger partial charge in [-0.05, 0) is 30.7 Å². The maximum Gasteiger partial charge on any atom is 0.162 e. The number of rotatable bonds is 4. The van der Waals surface area contributed by atoms with Gasteiger partial charge in [0.2, 0.25) is 0 Å². The normalized spacial score (nSPS) is 10.5. The maximum atomic E-state index is 10.1. The SMILES string of the molecule is COc1cc(Cl)cc(CNc2cc(Cl)c(C)cc2Cl)c1O. The number of halogens is 3. The first-order chi connectivity index (χ1) is 9.92. The number of nitrogens with one attached hydrogen (secondary N) is 1. The molecule has 0 saturated heterocycles. The average molecular weight is 347 g/mol. The van der Waals surface area contributed by atoms with Crippen LogP contribution in [0.15, 0.2) is 24.3 Å². The Hall–Kier alpha value is -1.29. The van der Waals surface area contributed by atoms with Crippen molar-refractivity contribution in [3.63, 3.8) is 0 Å². The summed E-state index contributed by atoms with van der Waals surface area (Å²) in [6.07, 6.45) is 0. The van der Waals surface area contributed by atoms with Crippen molar-refractivity contribution in [2.45, 2.75) is 13.5 Å². The molecule has 0 saturated carbocycles. The van der Waals surface area contributed by atoms with Crippen LogP contribution in [0, 0.1) is 6.92 Å². The van der Waals surface area contributed by atoms with Crippen molar-refractivity contribution in [3.8, 4) is 11.5 Å². The van der Waals surface area contributed by atoms with Crippen LogP contribution in [0.4, 0.5) is 5.69 Å². The number of anilines is 1. The monoisotopic (exact) mass is 345 g/mol. The molecule has 0 radical (unpaired) electrons. The molecule has 0 unspecified atom stereocenters. The predicted octanol–water partition coefficient (Wildman–Crippen LogP) is 5.28. The van der Waals surface area contributed by atoms with Crippen LogP contribution in [0.25, 0.3) is 0 Å². The Kier molecular flexibility index (Phi) is 5.09. The lowest BCUT2D eigenvalue weighted by Crippen LogP contribution is -2.01. The molecule has 2 N–H and O–H groups in total. The minimum Gasteiger partial charge on any atom is -0.504 e. The van der Waals surface area contributed by atoms with Crippen molar-refractivity contribution >= 4 is 40.5 Å². The van der Waals surface area contributed by atoms with Crippen molar-refractivity contribution in [1.29, 1.82) is 0 Å². The highest BCUT2D eigenvalue weighted by Crippen LogP contribution is 2.35. The third-order valence-corrected chi connectivity index (χ3v) is 3.99. The molecular weight excluding hydrogens is 333 g/mol. The zero-order valence-corrected chi connectivity index (χ0v) is 13.8. The fraction of sp³-hybridized carbons (Fsp3) is 0.200. The Balaban J connectivity index is 2.24. The molecule has 2 aromatic rings. The molecule has 0 aliphatic heterocycles. The fourth-order valence-corrected chi connectivity index (χ4v) is 2.57. The highest BCUT2D eigenvalue weighted by atomic mass is 35.5. The smallest absolute Gasteiger partial charge is 0.162 e. The summed E-state index contributed by atoms with van der Waals surface area (Å²) < 4.78 is 5.07. The van der Waals surface area contributed by atoms with E-state index in [1.165, 1.54) is 7.11 Å². The van der Waals surface area contributed by atoms with Gasteiger partial charge in [0.05, 0.1) is 17.8 Å². The van der Waals surface area contributed by atoms with Gasteiger partial charge in [0, 0.05) is 28.2 Å². The van der Waals surface area contributed by atoms with Crippen molar-refractivity contribution in [2.75, 3.05) is 12.4 Å². The van der Waals surface area contributed by atoms with E-state index in [9.17, 15) is 5.11 Å². The number of aryl methyl sites for hydroxylation is 1. The minimum absolute atomic E-state index is 0.0451. The molecule has 2 rings (SSSR count). The van der Waals surface area contributed by atoms with Crippen LogP contribution in [-0.4, -0.2) is 12.2 Å². The Morgan fingerprint density at radius 2 is 1.81 bits per heavy atom. The third kappa shape index (κ3) is 3.67. The molecule has 0 aromatic heterocycles. The van der Waals surface area contributed by atoms with E-state index in [0.717, 1.165) is 5.56 Å². The summed E-state index contributed by atoms with van der Waals surface area (Å²) in [6, 6.07) is 6.74. The largest absolute Gasteiger partial charge is 0.504 e. The Morgan fingerprint density at radius 3 is 2.48 bits per heavy atom. The van der Waals surface area contributed by atoms with E-state index >= 15 is 0 Å². The quantitative estimate of drug-likeness (QED) is 0.791. The van der Waals surface area contributed by atoms with Gasteiger partial charge < -0.3 is 15.2 Å². The summed E-state index contributed by atoms with van der Waals surface area (Å²) in [6.45, 7) is 2.22. The number of aromatic hydroxyl groups is 1. The van der Waals surface area contributed by atoms with Gasteiger partial charge in [-0.25, -0.2) is 0 Å². The molecule has 0 atom stereocenters. The second-order valence-corrected chi connectivity index (χ2v) is 5.80. The van der Waals surface area contributed by atoms with E-state index in [4.69, 9.17) is 39.5 Å². The van der Waals surface area contributed by atoms with E-state index in [-0.39, 0.29) is 5.75 Å². The molecule has 21 heavy (non-hydrogen) atoms. The van der Waals surface area contributed by atoms with Gasteiger partial charge in [-0.15, -0.1) is 0 Å². The van der Waals surface area contributed by atoms with Crippen molar-refractivity contribution in [3.05, 3.63) is 50.5 Å². The van der Waals surface area contributed by atoms with Crippen LogP contribution in [0.1, 0.15) is 11.1 Å². The number of methoxy groups -OCH3 is 1. The Labute approximate surface area is 138 Å². The fourth-order valence-electron chi connectivity index (χ4n) is 1.89. The molecule has 6 heteroatoms. The van der Waals surface area contributed by atoms with Crippen LogP contribution >= 0.6 is 34.8 Å². The molecule has 0 bridgehead atoms. The van der Waals surface area contributed by atoms with Gasteiger partial charge in [0.25, 0.3) is 0 Å². The van der Waals surface area contributed by atoms with E-state index in [2.05, 4.69) is 5.32 Å². The highest BCUT2D eigenvalue weighted by molar-refractivity contribution is 6.35. The molecule has 0 amide bonds. The number of hydrogen-bond donors (Lipinski definition) is 2. The first kappa shape index (κ1) is 16.1. The second-order valence-electron chi connectivity index (χ2n) is 4.55. The number of ether oxygens (including phenoxy) is 1. The van der Waals surface area contributed by atoms with Crippen LogP contribution in [0.2, 0.25) is 15.1 Å². The zero-order chi connectivity index (χ0) is 15.6. The van der Waals surface area contributed by atoms with Crippen LogP contribution < -0.4 is 10.1 Å². The van der Waals surface area contributed by atoms with Crippen molar-refractivity contribution in [2.24, 2.45) is 0 Å². The lowest BCUT2D eigenvalue weighted by molar-refractivity contribution is 0.371. The van der Waals surface area contributed by atoms with E-state index in [0.29, 0.717) is 38.6 Å². The number of hydrogen-bond acceptors (Lipinski definition) is 3. The molecule has 2 aromatic carbocycles. The summed E-state index contributed by atoms with van der Waals surface area (Å²) in [7, 11) is 1.47. The molecular formula is C15H14Cl3NO2. The maximum absolute atomic E-state index is 10.1. The number of phenolic OH excluding ortho intramolecular Hbond substituents is 1. The Morgan fingerprint density at radius 1 is 1.10 bits per heavy atom. The first-order valence-corrected chi connectivity index (χ1v) is 7.30. The lowest BCUT2D eigenvalue weighted by Gasteiger charge is -2.13. The summed E-state index contributed by atoms with van der Waals surface area (Å²) in [5.74, 6) is 0.371. The Bertz CT molecular complexity index is 674. The van der Waals surface area contributed by atoms with Gasteiger partial charge >= 0.3 is 0 Å². The summed E-state index contributed by atoms with van der Waals surface area (Å²) in [4.78, 5) is 0. The molecule has 3 nitrogen and oxygen atoms in total. The van der Waals surface area contributed by atoms with E-state index in [1.54, 1.807) is 24.3 Å². The van der Waals surface area contributed by atoms with Gasteiger partial charge in [0.15, 0.2) is 11.5 Å². The minimum atomic E-state index is 0.0451. The highest BCUT2D eigenvalue weighted by Gasteiger charge is 2.11. The predicted molar refractivity (Wildman–Crippen MR) is 88.2 cm³/mol. The van der Waals surface area contributed by atoms with E-state index < -0.39 is 0 Å². The van der Waals surface area contributed by atoms with Gasteiger partial charge in [-0.1, -0.05) is 34.8 Å². The standard InChI is InChI=1S/C15H14Cl3NO2/c1-8-3-12(18)13(6-11(8)17)19-7-9-4-10(16)5-14(21-2)15(9)20/h3-6,19-20H,7H2,1-2H3. The molecule has 0 fully saturated rings. The van der Waals surface area contributed by atoms with Crippen molar-refractivity contribution < 1.29 is 9.84 Å². The van der Waals surface area contributed by atoms with Gasteiger partial charge in [0.1, 0.15) is 0 Å².